The number of aryl methyl sites for hydroxylation is 2. The molecule has 1 aliphatic rings. The first kappa shape index (κ1) is 15.8. The van der Waals surface area contributed by atoms with E-state index in [0.29, 0.717) is 5.82 Å². The zero-order valence-corrected chi connectivity index (χ0v) is 14.6. The number of pyridine rings is 2. The summed E-state index contributed by atoms with van der Waals surface area (Å²) in [4.78, 5) is 11.1. The predicted molar refractivity (Wildman–Crippen MR) is 97.7 cm³/mol. The highest BCUT2D eigenvalue weighted by Crippen LogP contribution is 2.24. The van der Waals surface area contributed by atoms with Crippen LogP contribution in [0.2, 0.25) is 0 Å². The normalized spacial score (nSPS) is 14.5. The lowest BCUT2D eigenvalue weighted by molar-refractivity contribution is 0.205. The van der Waals surface area contributed by atoms with Crippen LogP contribution in [0.25, 0.3) is 11.4 Å². The van der Waals surface area contributed by atoms with Gasteiger partial charge in [0.1, 0.15) is 11.5 Å². The fourth-order valence-corrected chi connectivity index (χ4v) is 3.33. The molecule has 25 heavy (non-hydrogen) atoms. The lowest BCUT2D eigenvalue weighted by atomic mass is 10.1. The molecule has 0 aromatic carbocycles. The molecule has 128 valence electrons. The van der Waals surface area contributed by atoms with Gasteiger partial charge in [-0.05, 0) is 43.2 Å². The molecule has 2 N–H and O–H groups in total. The van der Waals surface area contributed by atoms with Crippen molar-refractivity contribution in [2.45, 2.75) is 33.5 Å². The smallest absolute Gasteiger partial charge is 0.127 e. The number of anilines is 1. The van der Waals surface area contributed by atoms with E-state index in [1.165, 1.54) is 5.69 Å². The fourth-order valence-electron chi connectivity index (χ4n) is 3.33. The number of nitrogens with zero attached hydrogens (tertiary/aromatic N) is 5. The van der Waals surface area contributed by atoms with Crippen LogP contribution in [0.3, 0.4) is 0 Å². The summed E-state index contributed by atoms with van der Waals surface area (Å²) in [6.07, 6.45) is 3.63. The minimum Gasteiger partial charge on any atom is -0.383 e. The third kappa shape index (κ3) is 3.13. The zero-order valence-electron chi connectivity index (χ0n) is 14.6. The maximum atomic E-state index is 6.03. The van der Waals surface area contributed by atoms with E-state index in [0.717, 1.165) is 54.3 Å². The van der Waals surface area contributed by atoms with Crippen LogP contribution in [0, 0.1) is 13.8 Å². The van der Waals surface area contributed by atoms with Crippen molar-refractivity contribution in [1.82, 2.24) is 24.6 Å². The molecule has 3 aromatic heterocycles. The van der Waals surface area contributed by atoms with Crippen molar-refractivity contribution in [2.75, 3.05) is 12.3 Å². The van der Waals surface area contributed by atoms with Gasteiger partial charge in [-0.1, -0.05) is 6.07 Å². The Bertz CT molecular complexity index is 914. The summed E-state index contributed by atoms with van der Waals surface area (Å²) in [5, 5.41) is 4.75. The highest BCUT2D eigenvalue weighted by molar-refractivity contribution is 5.58. The van der Waals surface area contributed by atoms with Gasteiger partial charge in [-0.15, -0.1) is 0 Å². The van der Waals surface area contributed by atoms with Gasteiger partial charge in [-0.25, -0.2) is 4.98 Å². The number of hydrogen-bond donors (Lipinski definition) is 1. The highest BCUT2D eigenvalue weighted by Gasteiger charge is 2.20. The Labute approximate surface area is 147 Å². The zero-order chi connectivity index (χ0) is 17.4. The number of rotatable bonds is 3. The Morgan fingerprint density at radius 1 is 1.16 bits per heavy atom. The first-order valence-electron chi connectivity index (χ1n) is 8.52. The van der Waals surface area contributed by atoms with Gasteiger partial charge >= 0.3 is 0 Å². The monoisotopic (exact) mass is 334 g/mol. The molecule has 6 heteroatoms. The molecule has 0 saturated carbocycles. The van der Waals surface area contributed by atoms with Gasteiger partial charge in [0.05, 0.1) is 17.9 Å². The second-order valence-corrected chi connectivity index (χ2v) is 6.68. The number of hydrogen-bond acceptors (Lipinski definition) is 5. The fraction of sp³-hybridized carbons (Fsp3) is 0.316. The number of nitrogens with two attached hydrogens (primary N) is 1. The van der Waals surface area contributed by atoms with Crippen LogP contribution in [0.15, 0.2) is 36.7 Å². The van der Waals surface area contributed by atoms with E-state index < -0.39 is 0 Å². The minimum atomic E-state index is 0.620. The highest BCUT2D eigenvalue weighted by atomic mass is 15.3. The van der Waals surface area contributed by atoms with Gasteiger partial charge in [-0.2, -0.15) is 5.10 Å². The quantitative estimate of drug-likeness (QED) is 0.797. The molecular weight excluding hydrogens is 312 g/mol. The average molecular weight is 334 g/mol. The maximum absolute atomic E-state index is 6.03. The number of fused-ring (bicyclic) bond motifs is 1. The van der Waals surface area contributed by atoms with Crippen LogP contribution < -0.4 is 5.73 Å². The molecule has 0 amide bonds. The van der Waals surface area contributed by atoms with Gasteiger partial charge in [0.2, 0.25) is 0 Å². The summed E-state index contributed by atoms with van der Waals surface area (Å²) in [5.41, 5.74) is 12.5. The van der Waals surface area contributed by atoms with E-state index >= 15 is 0 Å². The molecule has 4 rings (SSSR count). The van der Waals surface area contributed by atoms with Gasteiger partial charge in [0.25, 0.3) is 0 Å². The third-order valence-corrected chi connectivity index (χ3v) is 4.66. The van der Waals surface area contributed by atoms with E-state index in [1.807, 2.05) is 25.4 Å². The summed E-state index contributed by atoms with van der Waals surface area (Å²) in [5.74, 6) is 0.620. The van der Waals surface area contributed by atoms with E-state index in [-0.39, 0.29) is 0 Å². The second kappa shape index (κ2) is 6.29. The summed E-state index contributed by atoms with van der Waals surface area (Å²) < 4.78 is 2.10. The molecule has 6 nitrogen and oxygen atoms in total. The average Bonchev–Trinajstić information content (AvgIpc) is 3.01. The largest absolute Gasteiger partial charge is 0.383 e. The van der Waals surface area contributed by atoms with E-state index in [1.54, 1.807) is 0 Å². The van der Waals surface area contributed by atoms with Crippen molar-refractivity contribution < 1.29 is 0 Å². The second-order valence-electron chi connectivity index (χ2n) is 6.68. The van der Waals surface area contributed by atoms with Gasteiger partial charge in [0, 0.05) is 37.6 Å². The van der Waals surface area contributed by atoms with Crippen molar-refractivity contribution in [3.63, 3.8) is 0 Å². The summed E-state index contributed by atoms with van der Waals surface area (Å²) in [6.45, 7) is 7.60. The first-order chi connectivity index (χ1) is 12.1. The molecule has 0 saturated heterocycles. The Balaban J connectivity index is 1.56. The Morgan fingerprint density at radius 2 is 2.04 bits per heavy atom. The first-order valence-corrected chi connectivity index (χ1v) is 8.52. The van der Waals surface area contributed by atoms with Crippen molar-refractivity contribution in [2.24, 2.45) is 0 Å². The maximum Gasteiger partial charge on any atom is 0.127 e. The lowest BCUT2D eigenvalue weighted by Gasteiger charge is -2.27. The molecule has 0 aliphatic carbocycles. The van der Waals surface area contributed by atoms with Gasteiger partial charge in [-0.3, -0.25) is 14.6 Å². The molecule has 0 spiro atoms. The number of aromatic nitrogens is 4. The Morgan fingerprint density at radius 3 is 2.88 bits per heavy atom. The van der Waals surface area contributed by atoms with Crippen LogP contribution in [-0.2, 0) is 19.6 Å². The number of nitrogen functional groups attached to an aromatic ring is 1. The van der Waals surface area contributed by atoms with E-state index in [2.05, 4.69) is 44.7 Å². The van der Waals surface area contributed by atoms with Crippen LogP contribution in [0.1, 0.15) is 22.4 Å². The van der Waals surface area contributed by atoms with E-state index in [4.69, 9.17) is 10.8 Å². The molecule has 1 aliphatic heterocycles. The van der Waals surface area contributed by atoms with E-state index in [9.17, 15) is 0 Å². The molecule has 0 fully saturated rings. The third-order valence-electron chi connectivity index (χ3n) is 4.66. The van der Waals surface area contributed by atoms with Crippen LogP contribution >= 0.6 is 0 Å². The summed E-state index contributed by atoms with van der Waals surface area (Å²) in [6, 6.07) is 8.30. The Kier molecular flexibility index (Phi) is 3.97. The molecule has 0 radical (unpaired) electrons. The molecular formula is C19H22N6. The molecule has 4 heterocycles. The van der Waals surface area contributed by atoms with Gasteiger partial charge < -0.3 is 5.73 Å². The van der Waals surface area contributed by atoms with Crippen molar-refractivity contribution in [3.05, 3.63) is 59.0 Å². The molecule has 0 bridgehead atoms. The predicted octanol–water partition coefficient (Wildman–Crippen LogP) is 2.55. The molecule has 3 aromatic rings. The van der Waals surface area contributed by atoms with Crippen molar-refractivity contribution in [1.29, 1.82) is 0 Å². The summed E-state index contributed by atoms with van der Waals surface area (Å²) in [7, 11) is 0. The SMILES string of the molecule is Cc1cnc(N)c(CN2CCn3nc(-c4ncccc4C)cc3C2)c1. The topological polar surface area (TPSA) is 72.9 Å². The van der Waals surface area contributed by atoms with Crippen LogP contribution in [-0.4, -0.2) is 31.2 Å². The van der Waals surface area contributed by atoms with Crippen LogP contribution in [0.5, 0.6) is 0 Å². The van der Waals surface area contributed by atoms with Crippen molar-refractivity contribution >= 4 is 5.82 Å². The standard InChI is InChI=1S/C19H22N6/c1-13-8-15(19(20)22-10-13)11-24-6-7-25-16(12-24)9-17(23-25)18-14(2)4-3-5-21-18/h3-5,8-10H,6-7,11-12H2,1-2H3,(H2,20,22). The summed E-state index contributed by atoms with van der Waals surface area (Å²) >= 11 is 0. The van der Waals surface area contributed by atoms with Crippen LogP contribution in [0.4, 0.5) is 5.82 Å². The van der Waals surface area contributed by atoms with Crippen molar-refractivity contribution in [3.8, 4) is 11.4 Å². The lowest BCUT2D eigenvalue weighted by Crippen LogP contribution is -2.33. The van der Waals surface area contributed by atoms with Gasteiger partial charge in [0.15, 0.2) is 0 Å². The molecule has 0 atom stereocenters. The molecule has 0 unspecified atom stereocenters. The minimum absolute atomic E-state index is 0.620. The Hall–Kier alpha value is -2.73.